The van der Waals surface area contributed by atoms with E-state index in [1.807, 2.05) is 20.2 Å². The maximum absolute atomic E-state index is 13.8. The van der Waals surface area contributed by atoms with E-state index in [4.69, 9.17) is 0 Å². The molecular weight excluding hydrogens is 236 g/mol. The van der Waals surface area contributed by atoms with E-state index in [0.29, 0.717) is 5.56 Å². The van der Waals surface area contributed by atoms with E-state index in [0.717, 1.165) is 17.3 Å². The number of rotatable bonds is 3. The predicted molar refractivity (Wildman–Crippen MR) is 65.2 cm³/mol. The van der Waals surface area contributed by atoms with Crippen molar-refractivity contribution >= 4 is 0 Å². The van der Waals surface area contributed by atoms with E-state index >= 15 is 0 Å². The molecule has 18 heavy (non-hydrogen) atoms. The molecule has 0 aliphatic rings. The van der Waals surface area contributed by atoms with Gasteiger partial charge in [0.2, 0.25) is 0 Å². The molecule has 0 saturated carbocycles. The summed E-state index contributed by atoms with van der Waals surface area (Å²) in [6.07, 6.45) is 1.83. The van der Waals surface area contributed by atoms with Crippen LogP contribution < -0.4 is 5.32 Å². The van der Waals surface area contributed by atoms with Crippen LogP contribution in [0.15, 0.2) is 24.4 Å². The third-order valence-corrected chi connectivity index (χ3v) is 2.92. The summed E-state index contributed by atoms with van der Waals surface area (Å²) < 4.78 is 28.4. The number of halogens is 2. The van der Waals surface area contributed by atoms with Gasteiger partial charge in [-0.05, 0) is 20.0 Å². The number of nitrogens with zero attached hydrogens (tertiary/aromatic N) is 2. The summed E-state index contributed by atoms with van der Waals surface area (Å²) in [7, 11) is 3.55. The summed E-state index contributed by atoms with van der Waals surface area (Å²) in [4.78, 5) is 0. The Morgan fingerprint density at radius 2 is 2.00 bits per heavy atom. The highest BCUT2D eigenvalue weighted by Crippen LogP contribution is 2.26. The zero-order valence-corrected chi connectivity index (χ0v) is 10.5. The SMILES string of the molecule is CNC(c1ccc(F)cc1F)c1cn(C)nc1C. The molecule has 1 atom stereocenters. The Labute approximate surface area is 104 Å². The molecule has 96 valence electrons. The molecule has 3 nitrogen and oxygen atoms in total. The van der Waals surface area contributed by atoms with Gasteiger partial charge in [-0.15, -0.1) is 0 Å². The summed E-state index contributed by atoms with van der Waals surface area (Å²) in [5.41, 5.74) is 2.11. The zero-order valence-electron chi connectivity index (χ0n) is 10.5. The first-order chi connectivity index (χ1) is 8.52. The minimum absolute atomic E-state index is 0.334. The standard InChI is InChI=1S/C13H15F2N3/c1-8-11(7-18(3)17-8)13(16-2)10-5-4-9(14)6-12(10)15/h4-7,13,16H,1-3H3. The molecule has 0 aliphatic carbocycles. The topological polar surface area (TPSA) is 29.9 Å². The fraction of sp³-hybridized carbons (Fsp3) is 0.308. The van der Waals surface area contributed by atoms with Crippen molar-refractivity contribution in [2.75, 3.05) is 7.05 Å². The van der Waals surface area contributed by atoms with Gasteiger partial charge in [0, 0.05) is 30.4 Å². The first-order valence-electron chi connectivity index (χ1n) is 5.65. The minimum atomic E-state index is -0.575. The lowest BCUT2D eigenvalue weighted by atomic mass is 9.99. The molecule has 0 amide bonds. The lowest BCUT2D eigenvalue weighted by Gasteiger charge is -2.16. The lowest BCUT2D eigenvalue weighted by Crippen LogP contribution is -2.19. The zero-order chi connectivity index (χ0) is 13.3. The largest absolute Gasteiger partial charge is 0.309 e. The Hall–Kier alpha value is -1.75. The normalized spacial score (nSPS) is 12.7. The lowest BCUT2D eigenvalue weighted by molar-refractivity contribution is 0.551. The molecule has 1 aromatic heterocycles. The third-order valence-electron chi connectivity index (χ3n) is 2.92. The molecule has 1 aromatic carbocycles. The molecule has 0 saturated heterocycles. The predicted octanol–water partition coefficient (Wildman–Crippen LogP) is 2.32. The summed E-state index contributed by atoms with van der Waals surface area (Å²) in [6, 6.07) is 3.28. The molecule has 0 radical (unpaired) electrons. The van der Waals surface area contributed by atoms with Gasteiger partial charge >= 0.3 is 0 Å². The van der Waals surface area contributed by atoms with Crippen LogP contribution in [0.2, 0.25) is 0 Å². The number of nitrogens with one attached hydrogen (secondary N) is 1. The number of hydrogen-bond acceptors (Lipinski definition) is 2. The first kappa shape index (κ1) is 12.7. The van der Waals surface area contributed by atoms with Crippen LogP contribution in [-0.2, 0) is 7.05 Å². The number of benzene rings is 1. The van der Waals surface area contributed by atoms with Crippen LogP contribution in [-0.4, -0.2) is 16.8 Å². The average molecular weight is 251 g/mol. The van der Waals surface area contributed by atoms with Crippen LogP contribution in [0.1, 0.15) is 22.9 Å². The van der Waals surface area contributed by atoms with E-state index in [2.05, 4.69) is 10.4 Å². The van der Waals surface area contributed by atoms with Gasteiger partial charge in [0.25, 0.3) is 0 Å². The van der Waals surface area contributed by atoms with Gasteiger partial charge in [0.15, 0.2) is 0 Å². The Morgan fingerprint density at radius 3 is 2.50 bits per heavy atom. The highest BCUT2D eigenvalue weighted by Gasteiger charge is 2.20. The summed E-state index contributed by atoms with van der Waals surface area (Å²) >= 11 is 0. The molecule has 2 aromatic rings. The van der Waals surface area contributed by atoms with Crippen molar-refractivity contribution in [2.24, 2.45) is 7.05 Å². The van der Waals surface area contributed by atoms with Crippen LogP contribution in [0.3, 0.4) is 0 Å². The van der Waals surface area contributed by atoms with Gasteiger partial charge in [0.1, 0.15) is 11.6 Å². The van der Waals surface area contributed by atoms with E-state index < -0.39 is 11.6 Å². The van der Waals surface area contributed by atoms with Gasteiger partial charge in [-0.3, -0.25) is 4.68 Å². The maximum Gasteiger partial charge on any atom is 0.131 e. The van der Waals surface area contributed by atoms with Gasteiger partial charge in [-0.25, -0.2) is 8.78 Å². The molecular formula is C13H15F2N3. The van der Waals surface area contributed by atoms with Crippen molar-refractivity contribution in [1.29, 1.82) is 0 Å². The van der Waals surface area contributed by atoms with Crippen LogP contribution in [0.5, 0.6) is 0 Å². The smallest absolute Gasteiger partial charge is 0.131 e. The molecule has 0 bridgehead atoms. The molecule has 0 spiro atoms. The fourth-order valence-electron chi connectivity index (χ4n) is 2.12. The summed E-state index contributed by atoms with van der Waals surface area (Å²) in [6.45, 7) is 1.86. The number of aryl methyl sites for hydroxylation is 2. The van der Waals surface area contributed by atoms with Crippen molar-refractivity contribution < 1.29 is 8.78 Å². The van der Waals surface area contributed by atoms with Crippen LogP contribution in [0, 0.1) is 18.6 Å². The van der Waals surface area contributed by atoms with Gasteiger partial charge < -0.3 is 5.32 Å². The van der Waals surface area contributed by atoms with Crippen LogP contribution in [0.4, 0.5) is 8.78 Å². The Kier molecular flexibility index (Phi) is 3.43. The average Bonchev–Trinajstić information content (AvgIpc) is 2.62. The second-order valence-electron chi connectivity index (χ2n) is 4.23. The van der Waals surface area contributed by atoms with Crippen molar-refractivity contribution in [3.8, 4) is 0 Å². The van der Waals surface area contributed by atoms with Crippen molar-refractivity contribution in [1.82, 2.24) is 15.1 Å². The molecule has 1 heterocycles. The van der Waals surface area contributed by atoms with Crippen molar-refractivity contribution in [2.45, 2.75) is 13.0 Å². The molecule has 1 unspecified atom stereocenters. The second kappa shape index (κ2) is 4.86. The van der Waals surface area contributed by atoms with E-state index in [1.165, 1.54) is 12.1 Å². The van der Waals surface area contributed by atoms with Crippen molar-refractivity contribution in [3.05, 3.63) is 52.9 Å². The number of aromatic nitrogens is 2. The van der Waals surface area contributed by atoms with Gasteiger partial charge in [0.05, 0.1) is 11.7 Å². The Bertz CT molecular complexity index is 563. The monoisotopic (exact) mass is 251 g/mol. The summed E-state index contributed by atoms with van der Waals surface area (Å²) in [5.74, 6) is -1.13. The molecule has 2 rings (SSSR count). The highest BCUT2D eigenvalue weighted by atomic mass is 19.1. The quantitative estimate of drug-likeness (QED) is 0.907. The van der Waals surface area contributed by atoms with Gasteiger partial charge in [-0.1, -0.05) is 6.07 Å². The molecule has 0 aliphatic heterocycles. The Balaban J connectivity index is 2.48. The highest BCUT2D eigenvalue weighted by molar-refractivity contribution is 5.33. The fourth-order valence-corrected chi connectivity index (χ4v) is 2.12. The van der Waals surface area contributed by atoms with E-state index in [1.54, 1.807) is 11.7 Å². The maximum atomic E-state index is 13.8. The first-order valence-corrected chi connectivity index (χ1v) is 5.65. The molecule has 5 heteroatoms. The van der Waals surface area contributed by atoms with E-state index in [9.17, 15) is 8.78 Å². The Morgan fingerprint density at radius 1 is 1.28 bits per heavy atom. The van der Waals surface area contributed by atoms with Crippen LogP contribution >= 0.6 is 0 Å². The second-order valence-corrected chi connectivity index (χ2v) is 4.23. The van der Waals surface area contributed by atoms with Crippen molar-refractivity contribution in [3.63, 3.8) is 0 Å². The minimum Gasteiger partial charge on any atom is -0.309 e. The molecule has 0 fully saturated rings. The number of hydrogen-bond donors (Lipinski definition) is 1. The van der Waals surface area contributed by atoms with Crippen LogP contribution in [0.25, 0.3) is 0 Å². The summed E-state index contributed by atoms with van der Waals surface area (Å²) in [5, 5.41) is 7.27. The molecule has 1 N–H and O–H groups in total. The third kappa shape index (κ3) is 2.26. The van der Waals surface area contributed by atoms with Gasteiger partial charge in [-0.2, -0.15) is 5.10 Å². The van der Waals surface area contributed by atoms with E-state index in [-0.39, 0.29) is 6.04 Å².